The molecule has 3 aromatic rings. The van der Waals surface area contributed by atoms with Crippen molar-refractivity contribution >= 4 is 11.7 Å². The van der Waals surface area contributed by atoms with Gasteiger partial charge in [-0.1, -0.05) is 30.3 Å². The molecule has 0 spiro atoms. The normalized spacial score (nSPS) is 14.4. The van der Waals surface area contributed by atoms with Crippen LogP contribution in [0.4, 0.5) is 10.5 Å². The Morgan fingerprint density at radius 2 is 1.80 bits per heavy atom. The number of aromatic nitrogens is 2. The maximum absolute atomic E-state index is 12.6. The van der Waals surface area contributed by atoms with Crippen LogP contribution in [0.25, 0.3) is 0 Å². The van der Waals surface area contributed by atoms with Gasteiger partial charge >= 0.3 is 6.03 Å². The molecular formula is C23H25N5O2. The minimum absolute atomic E-state index is 0.104. The Balaban J connectivity index is 1.26. The van der Waals surface area contributed by atoms with Crippen LogP contribution in [-0.4, -0.2) is 52.0 Å². The number of hydrogen-bond donors (Lipinski definition) is 1. The van der Waals surface area contributed by atoms with E-state index in [9.17, 15) is 4.79 Å². The monoisotopic (exact) mass is 403 g/mol. The maximum atomic E-state index is 12.6. The molecule has 30 heavy (non-hydrogen) atoms. The Labute approximate surface area is 176 Å². The molecule has 0 radical (unpaired) electrons. The fourth-order valence-corrected chi connectivity index (χ4v) is 3.36. The van der Waals surface area contributed by atoms with E-state index in [1.165, 1.54) is 5.56 Å². The van der Waals surface area contributed by atoms with Crippen molar-refractivity contribution in [3.05, 3.63) is 78.2 Å². The van der Waals surface area contributed by atoms with Crippen LogP contribution < -0.4 is 10.1 Å². The number of piperazine rings is 1. The van der Waals surface area contributed by atoms with Crippen LogP contribution in [0.15, 0.2) is 67.0 Å². The lowest BCUT2D eigenvalue weighted by Crippen LogP contribution is -2.49. The first kappa shape index (κ1) is 19.8. The Hall–Kier alpha value is -3.45. The van der Waals surface area contributed by atoms with Crippen molar-refractivity contribution in [3.63, 3.8) is 0 Å². The predicted molar refractivity (Wildman–Crippen MR) is 116 cm³/mol. The maximum Gasteiger partial charge on any atom is 0.321 e. The number of hydrogen-bond acceptors (Lipinski definition) is 5. The minimum atomic E-state index is -0.104. The number of pyridine rings is 2. The van der Waals surface area contributed by atoms with Gasteiger partial charge in [-0.25, -0.2) is 9.78 Å². The van der Waals surface area contributed by atoms with Gasteiger partial charge in [0.15, 0.2) is 5.75 Å². The zero-order chi connectivity index (χ0) is 20.8. The number of carbonyl (C=O) groups excluding carboxylic acids is 1. The molecule has 3 heterocycles. The number of nitrogens with one attached hydrogen (secondary N) is 1. The van der Waals surface area contributed by atoms with Crippen LogP contribution in [0.5, 0.6) is 11.6 Å². The van der Waals surface area contributed by atoms with Gasteiger partial charge in [-0.05, 0) is 30.7 Å². The molecule has 2 aromatic heterocycles. The van der Waals surface area contributed by atoms with Crippen LogP contribution >= 0.6 is 0 Å². The molecule has 1 saturated heterocycles. The van der Waals surface area contributed by atoms with E-state index < -0.39 is 0 Å². The summed E-state index contributed by atoms with van der Waals surface area (Å²) in [6.07, 6.45) is 3.32. The summed E-state index contributed by atoms with van der Waals surface area (Å²) < 4.78 is 5.74. The Morgan fingerprint density at radius 3 is 2.50 bits per heavy atom. The summed E-state index contributed by atoms with van der Waals surface area (Å²) in [6.45, 7) is 5.92. The van der Waals surface area contributed by atoms with Crippen molar-refractivity contribution in [1.82, 2.24) is 19.8 Å². The lowest BCUT2D eigenvalue weighted by Gasteiger charge is -2.34. The molecule has 0 saturated carbocycles. The molecule has 154 valence electrons. The molecule has 7 nitrogen and oxygen atoms in total. The number of aryl methyl sites for hydroxylation is 1. The van der Waals surface area contributed by atoms with Crippen LogP contribution in [0.1, 0.15) is 11.3 Å². The summed E-state index contributed by atoms with van der Waals surface area (Å²) in [4.78, 5) is 25.3. The predicted octanol–water partition coefficient (Wildman–Crippen LogP) is 3.93. The number of ether oxygens (including phenoxy) is 1. The lowest BCUT2D eigenvalue weighted by molar-refractivity contribution is 0.143. The van der Waals surface area contributed by atoms with E-state index in [4.69, 9.17) is 4.74 Å². The number of benzene rings is 1. The highest BCUT2D eigenvalue weighted by Crippen LogP contribution is 2.22. The van der Waals surface area contributed by atoms with Gasteiger partial charge in [0.2, 0.25) is 5.88 Å². The van der Waals surface area contributed by atoms with Crippen molar-refractivity contribution in [2.45, 2.75) is 13.5 Å². The van der Waals surface area contributed by atoms with Gasteiger partial charge in [0.1, 0.15) is 0 Å². The zero-order valence-electron chi connectivity index (χ0n) is 17.0. The third kappa shape index (κ3) is 5.12. The van der Waals surface area contributed by atoms with E-state index in [2.05, 4.69) is 44.5 Å². The van der Waals surface area contributed by atoms with Crippen molar-refractivity contribution in [1.29, 1.82) is 0 Å². The van der Waals surface area contributed by atoms with Crippen molar-refractivity contribution < 1.29 is 9.53 Å². The fourth-order valence-electron chi connectivity index (χ4n) is 3.36. The van der Waals surface area contributed by atoms with Gasteiger partial charge in [0, 0.05) is 45.0 Å². The molecule has 0 bridgehead atoms. The molecule has 4 rings (SSSR count). The highest BCUT2D eigenvalue weighted by molar-refractivity contribution is 5.89. The second kappa shape index (κ2) is 9.37. The molecule has 0 atom stereocenters. The summed E-state index contributed by atoms with van der Waals surface area (Å²) in [5.41, 5.74) is 2.73. The van der Waals surface area contributed by atoms with Gasteiger partial charge in [-0.15, -0.1) is 0 Å². The van der Waals surface area contributed by atoms with E-state index in [1.54, 1.807) is 24.5 Å². The smallest absolute Gasteiger partial charge is 0.321 e. The molecular weight excluding hydrogens is 378 g/mol. The number of amides is 2. The van der Waals surface area contributed by atoms with Gasteiger partial charge < -0.3 is 15.0 Å². The summed E-state index contributed by atoms with van der Waals surface area (Å²) >= 11 is 0. The molecule has 1 aliphatic rings. The fraction of sp³-hybridized carbons (Fsp3) is 0.261. The van der Waals surface area contributed by atoms with E-state index in [-0.39, 0.29) is 6.03 Å². The molecule has 1 fully saturated rings. The summed E-state index contributed by atoms with van der Waals surface area (Å²) in [6, 6.07) is 17.5. The molecule has 1 aromatic carbocycles. The average Bonchev–Trinajstić information content (AvgIpc) is 2.78. The largest absolute Gasteiger partial charge is 0.437 e. The molecule has 1 aliphatic heterocycles. The minimum Gasteiger partial charge on any atom is -0.437 e. The van der Waals surface area contributed by atoms with Gasteiger partial charge in [0.25, 0.3) is 0 Å². The first-order valence-electron chi connectivity index (χ1n) is 10.0. The standard InChI is InChI=1S/C23H25N5O2/c1-18-21(8-5-11-24-18)30-22-10-9-20(16-25-22)26-23(29)28-14-12-27(13-15-28)17-19-6-3-2-4-7-19/h2-11,16H,12-15,17H2,1H3,(H,26,29). The Bertz CT molecular complexity index is 970. The van der Waals surface area contributed by atoms with Crippen molar-refractivity contribution in [2.24, 2.45) is 0 Å². The summed E-state index contributed by atoms with van der Waals surface area (Å²) in [5, 5.41) is 2.92. The summed E-state index contributed by atoms with van der Waals surface area (Å²) in [5.74, 6) is 1.12. The van der Waals surface area contributed by atoms with E-state index in [0.29, 0.717) is 30.4 Å². The number of carbonyl (C=O) groups is 1. The van der Waals surface area contributed by atoms with Crippen LogP contribution in [0.2, 0.25) is 0 Å². The quantitative estimate of drug-likeness (QED) is 0.699. The van der Waals surface area contributed by atoms with E-state index in [1.807, 2.05) is 30.0 Å². The van der Waals surface area contributed by atoms with E-state index in [0.717, 1.165) is 25.3 Å². The summed E-state index contributed by atoms with van der Waals surface area (Å²) in [7, 11) is 0. The zero-order valence-corrected chi connectivity index (χ0v) is 17.0. The second-order valence-corrected chi connectivity index (χ2v) is 7.25. The first-order chi connectivity index (χ1) is 14.7. The number of rotatable bonds is 5. The average molecular weight is 403 g/mol. The number of urea groups is 1. The van der Waals surface area contributed by atoms with Crippen LogP contribution in [-0.2, 0) is 6.54 Å². The number of anilines is 1. The molecule has 0 aliphatic carbocycles. The van der Waals surface area contributed by atoms with Gasteiger partial charge in [0.05, 0.1) is 17.6 Å². The molecule has 2 amide bonds. The Morgan fingerprint density at radius 1 is 1.00 bits per heavy atom. The third-order valence-electron chi connectivity index (χ3n) is 5.07. The SMILES string of the molecule is Cc1ncccc1Oc1ccc(NC(=O)N2CCN(Cc3ccccc3)CC2)cn1. The molecule has 0 unspecified atom stereocenters. The van der Waals surface area contributed by atoms with Crippen molar-refractivity contribution in [2.75, 3.05) is 31.5 Å². The lowest BCUT2D eigenvalue weighted by atomic mass is 10.2. The molecule has 1 N–H and O–H groups in total. The van der Waals surface area contributed by atoms with E-state index >= 15 is 0 Å². The third-order valence-corrected chi connectivity index (χ3v) is 5.07. The van der Waals surface area contributed by atoms with Gasteiger partial charge in [-0.3, -0.25) is 9.88 Å². The Kier molecular flexibility index (Phi) is 6.20. The van der Waals surface area contributed by atoms with Gasteiger partial charge in [-0.2, -0.15) is 0 Å². The van der Waals surface area contributed by atoms with Crippen LogP contribution in [0, 0.1) is 6.92 Å². The topological polar surface area (TPSA) is 70.6 Å². The number of nitrogens with zero attached hydrogens (tertiary/aromatic N) is 4. The van der Waals surface area contributed by atoms with Crippen molar-refractivity contribution in [3.8, 4) is 11.6 Å². The highest BCUT2D eigenvalue weighted by atomic mass is 16.5. The second-order valence-electron chi connectivity index (χ2n) is 7.25. The highest BCUT2D eigenvalue weighted by Gasteiger charge is 2.21. The van der Waals surface area contributed by atoms with Crippen LogP contribution in [0.3, 0.4) is 0 Å². The molecule has 7 heteroatoms. The first-order valence-corrected chi connectivity index (χ1v) is 10.0.